The second-order valence-electron chi connectivity index (χ2n) is 10.8. The van der Waals surface area contributed by atoms with Crippen LogP contribution in [0.1, 0.15) is 60.8 Å². The zero-order valence-corrected chi connectivity index (χ0v) is 20.2. The normalized spacial score (nSPS) is 45.7. The molecular weight excluding hydrogens is 424 g/mol. The Kier molecular flexibility index (Phi) is 5.34. The summed E-state index contributed by atoms with van der Waals surface area (Å²) in [5.41, 5.74) is -3.79. The van der Waals surface area contributed by atoms with Gasteiger partial charge in [-0.25, -0.2) is 0 Å². The van der Waals surface area contributed by atoms with Gasteiger partial charge in [-0.3, -0.25) is 14.4 Å². The van der Waals surface area contributed by atoms with E-state index in [9.17, 15) is 24.6 Å². The first-order valence-electron chi connectivity index (χ1n) is 11.6. The lowest BCUT2D eigenvalue weighted by Crippen LogP contribution is -2.71. The van der Waals surface area contributed by atoms with Crippen molar-refractivity contribution in [1.29, 1.82) is 0 Å². The topological polar surface area (TPSA) is 110 Å². The molecule has 33 heavy (non-hydrogen) atoms. The van der Waals surface area contributed by atoms with Crippen LogP contribution in [0.3, 0.4) is 0 Å². The van der Waals surface area contributed by atoms with Crippen LogP contribution < -0.4 is 0 Å². The Bertz CT molecular complexity index is 1010. The van der Waals surface area contributed by atoms with Crippen molar-refractivity contribution in [2.45, 2.75) is 78.1 Å². The minimum Gasteiger partial charge on any atom is -0.450 e. The molecule has 0 heterocycles. The summed E-state index contributed by atoms with van der Waals surface area (Å²) in [6.45, 7) is 9.81. The Labute approximate surface area is 194 Å². The molecule has 4 aliphatic rings. The van der Waals surface area contributed by atoms with Crippen molar-refractivity contribution < 1.29 is 34.1 Å². The number of rotatable bonds is 3. The molecule has 0 aromatic heterocycles. The fourth-order valence-electron chi connectivity index (χ4n) is 7.82. The number of aliphatic hydroxyl groups excluding tert-OH is 1. The van der Waals surface area contributed by atoms with Gasteiger partial charge in [-0.1, -0.05) is 26.0 Å². The van der Waals surface area contributed by atoms with Gasteiger partial charge in [0.15, 0.2) is 11.4 Å². The number of carbonyl (C=O) groups is 3. The van der Waals surface area contributed by atoms with Gasteiger partial charge < -0.3 is 19.7 Å². The SMILES string of the molecule is CC(=O)OC1=CC2=CC[C@H]3[C@@H]4CC(C)[C@](OC(C)=O)(C(C)=O)[C@@]4(C)CC(O)[C@]3(O)[C@@]2(C)C=C1. The van der Waals surface area contributed by atoms with E-state index in [1.807, 2.05) is 26.8 Å². The fourth-order valence-corrected chi connectivity index (χ4v) is 7.82. The van der Waals surface area contributed by atoms with Crippen molar-refractivity contribution in [3.8, 4) is 0 Å². The number of carbonyl (C=O) groups excluding carboxylic acids is 3. The summed E-state index contributed by atoms with van der Waals surface area (Å²) in [5.74, 6) is -1.54. The average Bonchev–Trinajstić information content (AvgIpc) is 2.91. The van der Waals surface area contributed by atoms with Crippen LogP contribution in [-0.4, -0.2) is 45.2 Å². The second-order valence-corrected chi connectivity index (χ2v) is 10.8. The van der Waals surface area contributed by atoms with E-state index in [-0.39, 0.29) is 30.0 Å². The van der Waals surface area contributed by atoms with Gasteiger partial charge in [-0.2, -0.15) is 0 Å². The number of hydrogen-bond acceptors (Lipinski definition) is 7. The molecule has 2 N–H and O–H groups in total. The van der Waals surface area contributed by atoms with Crippen LogP contribution in [-0.2, 0) is 23.9 Å². The van der Waals surface area contributed by atoms with E-state index in [2.05, 4.69) is 0 Å². The van der Waals surface area contributed by atoms with Crippen molar-refractivity contribution in [3.63, 3.8) is 0 Å². The molecule has 0 amide bonds. The number of ketones is 1. The van der Waals surface area contributed by atoms with E-state index in [1.54, 1.807) is 18.2 Å². The number of Topliss-reactive ketones (excluding diaryl/α,β-unsaturated/α-hetero) is 1. The van der Waals surface area contributed by atoms with E-state index < -0.39 is 40.1 Å². The molecule has 4 aliphatic carbocycles. The molecular formula is C26H34O7. The lowest BCUT2D eigenvalue weighted by molar-refractivity contribution is -0.246. The first-order chi connectivity index (χ1) is 15.2. The van der Waals surface area contributed by atoms with Gasteiger partial charge in [0, 0.05) is 30.6 Å². The monoisotopic (exact) mass is 458 g/mol. The zero-order valence-electron chi connectivity index (χ0n) is 20.2. The molecule has 0 aromatic rings. The number of hydrogen-bond donors (Lipinski definition) is 2. The molecule has 4 rings (SSSR count). The first kappa shape index (κ1) is 23.9. The molecule has 2 saturated carbocycles. The van der Waals surface area contributed by atoms with Crippen molar-refractivity contribution >= 4 is 17.7 Å². The van der Waals surface area contributed by atoms with E-state index in [1.165, 1.54) is 20.8 Å². The molecule has 0 aliphatic heterocycles. The molecule has 0 spiro atoms. The highest BCUT2D eigenvalue weighted by atomic mass is 16.6. The maximum atomic E-state index is 13.0. The average molecular weight is 459 g/mol. The van der Waals surface area contributed by atoms with Crippen LogP contribution in [0.25, 0.3) is 0 Å². The lowest BCUT2D eigenvalue weighted by atomic mass is 9.45. The predicted molar refractivity (Wildman–Crippen MR) is 119 cm³/mol. The molecule has 7 nitrogen and oxygen atoms in total. The van der Waals surface area contributed by atoms with Crippen LogP contribution in [0.4, 0.5) is 0 Å². The molecule has 7 heteroatoms. The molecule has 0 bridgehead atoms. The van der Waals surface area contributed by atoms with Crippen LogP contribution in [0.15, 0.2) is 35.6 Å². The Morgan fingerprint density at radius 1 is 1.09 bits per heavy atom. The summed E-state index contributed by atoms with van der Waals surface area (Å²) >= 11 is 0. The van der Waals surface area contributed by atoms with Crippen LogP contribution in [0, 0.1) is 28.6 Å². The van der Waals surface area contributed by atoms with Crippen molar-refractivity contribution in [2.24, 2.45) is 28.6 Å². The molecule has 0 aromatic carbocycles. The second kappa shape index (κ2) is 7.37. The van der Waals surface area contributed by atoms with E-state index in [0.29, 0.717) is 18.6 Å². The largest absolute Gasteiger partial charge is 0.450 e. The quantitative estimate of drug-likeness (QED) is 0.626. The Morgan fingerprint density at radius 3 is 2.33 bits per heavy atom. The summed E-state index contributed by atoms with van der Waals surface area (Å²) in [5, 5.41) is 23.8. The summed E-state index contributed by atoms with van der Waals surface area (Å²) in [7, 11) is 0. The van der Waals surface area contributed by atoms with Gasteiger partial charge in [-0.05, 0) is 62.7 Å². The maximum absolute atomic E-state index is 13.0. The third-order valence-electron chi connectivity index (χ3n) is 9.14. The summed E-state index contributed by atoms with van der Waals surface area (Å²) in [6.07, 6.45) is 7.27. The van der Waals surface area contributed by atoms with Gasteiger partial charge in [0.25, 0.3) is 0 Å². The van der Waals surface area contributed by atoms with E-state index >= 15 is 0 Å². The van der Waals surface area contributed by atoms with Gasteiger partial charge in [0.05, 0.1) is 6.10 Å². The summed E-state index contributed by atoms with van der Waals surface area (Å²) in [6, 6.07) is 0. The fraction of sp³-hybridized carbons (Fsp3) is 0.654. The van der Waals surface area contributed by atoms with Crippen molar-refractivity contribution in [2.75, 3.05) is 0 Å². The number of aliphatic hydroxyl groups is 2. The van der Waals surface area contributed by atoms with Crippen LogP contribution in [0.5, 0.6) is 0 Å². The standard InChI is InChI=1S/C26H34O7/c1-14-11-21-20-8-7-18-12-19(32-16(3)28)9-10-23(18,5)25(20,31)22(30)13-24(21,6)26(14,15(2)27)33-17(4)29/h7,9-10,12,14,20-22,30-31H,8,11,13H2,1-6H3/t14?,20-,21-,22?,23-,24-,25-,26-/m0/s1. The number of esters is 2. The smallest absolute Gasteiger partial charge is 0.308 e. The van der Waals surface area contributed by atoms with Crippen molar-refractivity contribution in [3.05, 3.63) is 35.6 Å². The number of allylic oxidation sites excluding steroid dienone is 3. The zero-order chi connectivity index (χ0) is 24.6. The van der Waals surface area contributed by atoms with Gasteiger partial charge in [0.1, 0.15) is 11.4 Å². The van der Waals surface area contributed by atoms with E-state index in [0.717, 1.165) is 5.57 Å². The molecule has 2 unspecified atom stereocenters. The van der Waals surface area contributed by atoms with Gasteiger partial charge in [-0.15, -0.1) is 0 Å². The highest BCUT2D eigenvalue weighted by Crippen LogP contribution is 2.69. The number of ether oxygens (including phenoxy) is 2. The van der Waals surface area contributed by atoms with Crippen LogP contribution in [0.2, 0.25) is 0 Å². The summed E-state index contributed by atoms with van der Waals surface area (Å²) in [4.78, 5) is 36.5. The third kappa shape index (κ3) is 2.91. The molecule has 180 valence electrons. The highest BCUT2D eigenvalue weighted by molar-refractivity contribution is 5.89. The minimum atomic E-state index is -1.50. The Hall–Kier alpha value is -2.25. The predicted octanol–water partition coefficient (Wildman–Crippen LogP) is 3.00. The molecule has 0 radical (unpaired) electrons. The third-order valence-corrected chi connectivity index (χ3v) is 9.14. The van der Waals surface area contributed by atoms with Gasteiger partial charge in [0.2, 0.25) is 0 Å². The highest BCUT2D eigenvalue weighted by Gasteiger charge is 2.75. The minimum absolute atomic E-state index is 0.124. The maximum Gasteiger partial charge on any atom is 0.308 e. The Morgan fingerprint density at radius 2 is 1.76 bits per heavy atom. The molecule has 2 fully saturated rings. The molecule has 8 atom stereocenters. The lowest BCUT2D eigenvalue weighted by Gasteiger charge is -2.63. The van der Waals surface area contributed by atoms with Crippen LogP contribution >= 0.6 is 0 Å². The van der Waals surface area contributed by atoms with E-state index in [4.69, 9.17) is 9.47 Å². The summed E-state index contributed by atoms with van der Waals surface area (Å²) < 4.78 is 11.1. The van der Waals surface area contributed by atoms with Crippen molar-refractivity contribution in [1.82, 2.24) is 0 Å². The number of fused-ring (bicyclic) bond motifs is 5. The first-order valence-corrected chi connectivity index (χ1v) is 11.6. The molecule has 0 saturated heterocycles. The van der Waals surface area contributed by atoms with Gasteiger partial charge >= 0.3 is 11.9 Å². The Balaban J connectivity index is 1.82.